The lowest BCUT2D eigenvalue weighted by Gasteiger charge is -2.33. The van der Waals surface area contributed by atoms with Gasteiger partial charge in [-0.1, -0.05) is 0 Å². The number of amides is 8. The van der Waals surface area contributed by atoms with Crippen molar-refractivity contribution in [2.75, 3.05) is 33.4 Å². The molecule has 25 nitrogen and oxygen atoms in total. The number of carbonyl (C=O) groups excluding carboxylic acids is 7. The van der Waals surface area contributed by atoms with Crippen LogP contribution in [0.3, 0.4) is 0 Å². The molecule has 28 heteroatoms. The van der Waals surface area contributed by atoms with Crippen LogP contribution >= 0.6 is 37.2 Å². The number of aliphatic hydroxyl groups excluding tert-OH is 3. The minimum absolute atomic E-state index is 0. The first-order chi connectivity index (χ1) is 24.1. The fourth-order valence-corrected chi connectivity index (χ4v) is 4.67. The number of primary amides is 1. The van der Waals surface area contributed by atoms with Crippen LogP contribution in [-0.4, -0.2) is 145 Å². The fourth-order valence-electron chi connectivity index (χ4n) is 4.67. The van der Waals surface area contributed by atoms with Crippen molar-refractivity contribution in [3.63, 3.8) is 0 Å². The van der Waals surface area contributed by atoms with Crippen LogP contribution in [-0.2, 0) is 28.8 Å². The zero-order valence-electron chi connectivity index (χ0n) is 28.7. The summed E-state index contributed by atoms with van der Waals surface area (Å²) in [5.41, 5.74) is 20.8. The first-order valence-corrected chi connectivity index (χ1v) is 15.4. The molecule has 2 aliphatic heterocycles. The smallest absolute Gasteiger partial charge is 0.316 e. The van der Waals surface area contributed by atoms with Gasteiger partial charge in [0.15, 0.2) is 18.1 Å². The quantitative estimate of drug-likeness (QED) is 0.0522. The van der Waals surface area contributed by atoms with Gasteiger partial charge in [-0.15, -0.1) is 37.2 Å². The Hall–Kier alpha value is -4.92. The van der Waals surface area contributed by atoms with Crippen molar-refractivity contribution in [3.8, 4) is 0 Å². The molecule has 7 atom stereocenters. The summed E-state index contributed by atoms with van der Waals surface area (Å²) in [7, 11) is 1.57. The molecule has 20 N–H and O–H groups in total. The van der Waals surface area contributed by atoms with Crippen molar-refractivity contribution in [2.24, 2.45) is 32.9 Å². The summed E-state index contributed by atoms with van der Waals surface area (Å²) >= 11 is 0. The highest BCUT2D eigenvalue weighted by Gasteiger charge is 2.37. The third-order valence-corrected chi connectivity index (χ3v) is 7.29. The Kier molecular flexibility index (Phi) is 23.9. The predicted molar refractivity (Wildman–Crippen MR) is 198 cm³/mol. The number of guanidine groups is 2. The number of aliphatic imine (C=N–C) groups is 2. The van der Waals surface area contributed by atoms with Gasteiger partial charge in [0.25, 0.3) is 5.91 Å². The van der Waals surface area contributed by atoms with Crippen LogP contribution in [0.25, 0.3) is 0 Å². The number of hydrogen-bond donors (Lipinski definition) is 16. The minimum Gasteiger partial charge on any atom is -0.394 e. The van der Waals surface area contributed by atoms with Crippen molar-refractivity contribution in [3.05, 3.63) is 11.9 Å². The molecular formula is C26H48Cl3N15O10. The van der Waals surface area contributed by atoms with Crippen molar-refractivity contribution >= 4 is 90.6 Å². The van der Waals surface area contributed by atoms with Crippen LogP contribution < -0.4 is 70.8 Å². The Balaban J connectivity index is 0. The van der Waals surface area contributed by atoms with Crippen molar-refractivity contribution in [1.82, 2.24) is 47.9 Å². The monoisotopic (exact) mass is 835 g/mol. The van der Waals surface area contributed by atoms with Gasteiger partial charge in [-0.05, 0) is 13.5 Å². The van der Waals surface area contributed by atoms with E-state index in [2.05, 4.69) is 52.5 Å². The highest BCUT2D eigenvalue weighted by Crippen LogP contribution is 2.11. The lowest BCUT2D eigenvalue weighted by Crippen LogP contribution is -2.64. The van der Waals surface area contributed by atoms with Crippen molar-refractivity contribution in [2.45, 2.75) is 61.7 Å². The predicted octanol–water partition coefficient (Wildman–Crippen LogP) is -8.43. The van der Waals surface area contributed by atoms with Crippen LogP contribution in [0.1, 0.15) is 19.3 Å². The number of rotatable bonds is 11. The molecule has 0 spiro atoms. The maximum Gasteiger partial charge on any atom is 0.316 e. The standard InChI is InChI=1S/C26H45N15O10.3ClH/c1-31-10(2-3-32-24(27)28)4-16(44)35-12-6-33-23(50)18(11-5-17(45)40-25(29)39-11)41-20(47)13(7-34-26(30)51)36-21(48)14(8-42)38-22(49)15(9-43)37-19(12)46;;;/h7,10-12,14-15,17-18,31,42-43,45H,2-6,8-9H2,1H3,(H,33,50)(H,35,44)(H,36,48)(H,37,46)(H,38,49)(H,41,47)(H4,27,28,32)(H3,29,39,40)(H3,30,34,51);3*1H/b13-7-;;;. The topological polar surface area (TPSA) is 417 Å². The Morgan fingerprint density at radius 2 is 1.56 bits per heavy atom. The van der Waals surface area contributed by atoms with Crippen molar-refractivity contribution < 1.29 is 48.9 Å². The maximum absolute atomic E-state index is 13.7. The summed E-state index contributed by atoms with van der Waals surface area (Å²) in [5, 5.41) is 51.0. The molecule has 8 amide bonds. The van der Waals surface area contributed by atoms with E-state index < -0.39 is 109 Å². The van der Waals surface area contributed by atoms with Crippen molar-refractivity contribution in [1.29, 1.82) is 0 Å². The summed E-state index contributed by atoms with van der Waals surface area (Å²) < 4.78 is 0. The first kappa shape index (κ1) is 51.2. The third-order valence-electron chi connectivity index (χ3n) is 7.29. The Morgan fingerprint density at radius 1 is 0.944 bits per heavy atom. The average molecular weight is 837 g/mol. The first-order valence-electron chi connectivity index (χ1n) is 15.4. The summed E-state index contributed by atoms with van der Waals surface area (Å²) in [4.78, 5) is 98.5. The lowest BCUT2D eigenvalue weighted by molar-refractivity contribution is -0.135. The maximum atomic E-state index is 13.7. The molecule has 0 aromatic carbocycles. The molecule has 2 aliphatic rings. The second kappa shape index (κ2) is 25.2. The number of carbonyl (C=O) groups is 7. The second-order valence-corrected chi connectivity index (χ2v) is 11.1. The van der Waals surface area contributed by atoms with E-state index in [1.165, 1.54) is 0 Å². The van der Waals surface area contributed by atoms with Gasteiger partial charge >= 0.3 is 6.03 Å². The van der Waals surface area contributed by atoms with E-state index in [1.54, 1.807) is 7.05 Å². The molecule has 2 heterocycles. The molecule has 308 valence electrons. The Labute approximate surface area is 326 Å². The number of hydrogen-bond acceptors (Lipinski definition) is 15. The Bertz CT molecular complexity index is 1420. The highest BCUT2D eigenvalue weighted by molar-refractivity contribution is 6.02. The number of aliphatic hydroxyl groups is 3. The SMILES string of the molecule is CNC(CCN=C(N)N)CC(=O)NC1CNC(=O)C(C2CC(O)N=C(N)N2)NC(=O)/C(=C/NC(N)=O)NC(=O)C(CO)NC(=O)C(CO)NC1=O.Cl.Cl.Cl. The van der Waals surface area contributed by atoms with Gasteiger partial charge in [0.2, 0.25) is 29.5 Å². The normalized spacial score (nSPS) is 25.0. The van der Waals surface area contributed by atoms with Crippen LogP contribution in [0.5, 0.6) is 0 Å². The Morgan fingerprint density at radius 3 is 2.11 bits per heavy atom. The average Bonchev–Trinajstić information content (AvgIpc) is 3.06. The minimum atomic E-state index is -1.79. The molecule has 2 rings (SSSR count). The van der Waals surface area contributed by atoms with Gasteiger partial charge in [0, 0.05) is 38.2 Å². The molecule has 0 aliphatic carbocycles. The third kappa shape index (κ3) is 16.8. The van der Waals surface area contributed by atoms with Gasteiger partial charge < -0.3 is 86.1 Å². The highest BCUT2D eigenvalue weighted by atomic mass is 35.5. The molecule has 0 bridgehead atoms. The molecule has 0 aromatic rings. The van der Waals surface area contributed by atoms with Gasteiger partial charge in [-0.25, -0.2) is 9.79 Å². The van der Waals surface area contributed by atoms with E-state index in [-0.39, 0.29) is 68.5 Å². The van der Waals surface area contributed by atoms with E-state index in [0.717, 1.165) is 0 Å². The number of nitrogens with zero attached hydrogens (tertiary/aromatic N) is 2. The van der Waals surface area contributed by atoms with Gasteiger partial charge in [-0.3, -0.25) is 33.8 Å². The molecule has 0 aromatic heterocycles. The van der Waals surface area contributed by atoms with Gasteiger partial charge in [0.05, 0.1) is 19.3 Å². The van der Waals surface area contributed by atoms with Gasteiger partial charge in [0.1, 0.15) is 29.9 Å². The molecule has 1 fully saturated rings. The van der Waals surface area contributed by atoms with Crippen LogP contribution in [0.4, 0.5) is 4.79 Å². The van der Waals surface area contributed by atoms with E-state index >= 15 is 0 Å². The largest absolute Gasteiger partial charge is 0.394 e. The van der Waals surface area contributed by atoms with Crippen LogP contribution in [0.2, 0.25) is 0 Å². The summed E-state index contributed by atoms with van der Waals surface area (Å²) in [6.45, 7) is -2.55. The summed E-state index contributed by atoms with van der Waals surface area (Å²) in [5.74, 6) is -6.84. The second-order valence-electron chi connectivity index (χ2n) is 11.1. The zero-order chi connectivity index (χ0) is 38.2. The van der Waals surface area contributed by atoms with E-state index in [1.807, 2.05) is 5.32 Å². The molecule has 0 saturated carbocycles. The van der Waals surface area contributed by atoms with Crippen LogP contribution in [0.15, 0.2) is 21.9 Å². The number of urea groups is 1. The lowest BCUT2D eigenvalue weighted by atomic mass is 10.0. The van der Waals surface area contributed by atoms with Gasteiger partial charge in [-0.2, -0.15) is 0 Å². The van der Waals surface area contributed by atoms with E-state index in [9.17, 15) is 48.9 Å². The number of nitrogens with two attached hydrogens (primary N) is 4. The summed E-state index contributed by atoms with van der Waals surface area (Å²) in [6.07, 6.45) is -0.933. The molecule has 54 heavy (non-hydrogen) atoms. The number of halogens is 3. The van der Waals surface area contributed by atoms with E-state index in [4.69, 9.17) is 22.9 Å². The molecule has 7 unspecified atom stereocenters. The molecule has 1 saturated heterocycles. The fraction of sp³-hybridized carbons (Fsp3) is 0.577. The van der Waals surface area contributed by atoms with Crippen LogP contribution in [0, 0.1) is 0 Å². The molecular weight excluding hydrogens is 789 g/mol. The summed E-state index contributed by atoms with van der Waals surface area (Å²) in [6, 6.07) is -9.59. The zero-order valence-corrected chi connectivity index (χ0v) is 31.1. The number of nitrogens with one attached hydrogen (secondary N) is 9. The van der Waals surface area contributed by atoms with E-state index in [0.29, 0.717) is 12.6 Å². The molecule has 0 radical (unpaired) electrons.